The number of aromatic nitrogens is 1. The highest BCUT2D eigenvalue weighted by atomic mass is 35.5. The quantitative estimate of drug-likeness (QED) is 0.702. The summed E-state index contributed by atoms with van der Waals surface area (Å²) in [5, 5.41) is 0. The Hall–Kier alpha value is -1.54. The molecule has 0 spiro atoms. The zero-order valence-corrected chi connectivity index (χ0v) is 10.7. The van der Waals surface area contributed by atoms with E-state index in [0.717, 1.165) is 24.2 Å². The maximum atomic E-state index is 5.78. The lowest BCUT2D eigenvalue weighted by Gasteiger charge is -2.01. The molecule has 0 fully saturated rings. The van der Waals surface area contributed by atoms with Crippen molar-refractivity contribution in [2.45, 2.75) is 19.9 Å². The molecule has 0 aliphatic carbocycles. The summed E-state index contributed by atoms with van der Waals surface area (Å²) in [6, 6.07) is 12.5. The number of anilines is 1. The molecule has 2 aromatic rings. The van der Waals surface area contributed by atoms with Gasteiger partial charge in [-0.2, -0.15) is 0 Å². The van der Waals surface area contributed by atoms with Crippen LogP contribution in [0.5, 0.6) is 0 Å². The van der Waals surface area contributed by atoms with Gasteiger partial charge in [0.2, 0.25) is 0 Å². The third-order valence-corrected chi connectivity index (χ3v) is 2.76. The first-order valence-electron chi connectivity index (χ1n) is 5.55. The van der Waals surface area contributed by atoms with Gasteiger partial charge in [0.15, 0.2) is 18.9 Å². The van der Waals surface area contributed by atoms with E-state index in [2.05, 4.69) is 35.0 Å². The fourth-order valence-electron chi connectivity index (χ4n) is 1.72. The predicted molar refractivity (Wildman–Crippen MR) is 65.9 cm³/mol. The molecule has 0 unspecified atom stereocenters. The minimum absolute atomic E-state index is 0. The van der Waals surface area contributed by atoms with E-state index in [-0.39, 0.29) is 12.4 Å². The molecule has 90 valence electrons. The number of nitrogens with zero attached hydrogens (tertiary/aromatic N) is 1. The zero-order valence-electron chi connectivity index (χ0n) is 9.94. The number of halogens is 1. The number of hydrogen-bond donors (Lipinski definition) is 1. The Morgan fingerprint density at radius 2 is 1.82 bits per heavy atom. The van der Waals surface area contributed by atoms with Gasteiger partial charge in [0.1, 0.15) is 0 Å². The molecule has 0 atom stereocenters. The second-order valence-corrected chi connectivity index (χ2v) is 4.06. The molecule has 2 nitrogen and oxygen atoms in total. The van der Waals surface area contributed by atoms with Gasteiger partial charge in [-0.15, -0.1) is 0 Å². The Morgan fingerprint density at radius 3 is 2.47 bits per heavy atom. The van der Waals surface area contributed by atoms with Crippen LogP contribution in [0, 0.1) is 6.92 Å². The number of pyridine rings is 1. The molecule has 0 aliphatic rings. The number of nitrogen functional groups attached to an aromatic ring is 1. The van der Waals surface area contributed by atoms with Crippen LogP contribution in [0.1, 0.15) is 11.1 Å². The van der Waals surface area contributed by atoms with Gasteiger partial charge in [-0.3, -0.25) is 0 Å². The van der Waals surface area contributed by atoms with E-state index in [1.165, 1.54) is 5.56 Å². The summed E-state index contributed by atoms with van der Waals surface area (Å²) >= 11 is 0. The molecule has 2 N–H and O–H groups in total. The van der Waals surface area contributed by atoms with Gasteiger partial charge in [-0.1, -0.05) is 30.3 Å². The first-order valence-corrected chi connectivity index (χ1v) is 5.55. The molecule has 0 bridgehead atoms. The normalized spacial score (nSPS) is 9.71. The van der Waals surface area contributed by atoms with Crippen LogP contribution in [-0.2, 0) is 13.0 Å². The lowest BCUT2D eigenvalue weighted by Crippen LogP contribution is -3.00. The summed E-state index contributed by atoms with van der Waals surface area (Å²) < 4.78 is 2.18. The third kappa shape index (κ3) is 3.75. The van der Waals surface area contributed by atoms with Gasteiger partial charge in [0.25, 0.3) is 0 Å². The number of hydrogen-bond acceptors (Lipinski definition) is 1. The highest BCUT2D eigenvalue weighted by Gasteiger charge is 2.03. The first-order chi connectivity index (χ1) is 7.75. The molecule has 1 aromatic heterocycles. The second kappa shape index (κ2) is 6.26. The third-order valence-electron chi connectivity index (χ3n) is 2.76. The van der Waals surface area contributed by atoms with E-state index in [0.29, 0.717) is 0 Å². The molecule has 1 heterocycles. The predicted octanol–water partition coefficient (Wildman–Crippen LogP) is -0.889. The molecular formula is C14H17ClN2. The number of aryl methyl sites for hydroxylation is 3. The summed E-state index contributed by atoms with van der Waals surface area (Å²) in [6.07, 6.45) is 5.18. The summed E-state index contributed by atoms with van der Waals surface area (Å²) in [4.78, 5) is 0. The van der Waals surface area contributed by atoms with Crippen LogP contribution in [0.25, 0.3) is 0 Å². The lowest BCUT2D eigenvalue weighted by atomic mass is 10.1. The van der Waals surface area contributed by atoms with Crippen molar-refractivity contribution in [1.29, 1.82) is 0 Å². The molecule has 0 amide bonds. The summed E-state index contributed by atoms with van der Waals surface area (Å²) in [5.41, 5.74) is 9.14. The number of nitrogens with two attached hydrogens (primary N) is 1. The second-order valence-electron chi connectivity index (χ2n) is 4.06. The van der Waals surface area contributed by atoms with Crippen LogP contribution in [0.15, 0.2) is 48.8 Å². The van der Waals surface area contributed by atoms with E-state index >= 15 is 0 Å². The van der Waals surface area contributed by atoms with Crippen LogP contribution >= 0.6 is 0 Å². The van der Waals surface area contributed by atoms with Crippen molar-refractivity contribution in [2.24, 2.45) is 0 Å². The molecule has 17 heavy (non-hydrogen) atoms. The average Bonchev–Trinajstić information content (AvgIpc) is 2.32. The average molecular weight is 249 g/mol. The summed E-state index contributed by atoms with van der Waals surface area (Å²) in [5.74, 6) is 0. The van der Waals surface area contributed by atoms with Gasteiger partial charge < -0.3 is 18.1 Å². The highest BCUT2D eigenvalue weighted by molar-refractivity contribution is 5.41. The van der Waals surface area contributed by atoms with Crippen molar-refractivity contribution in [2.75, 3.05) is 5.73 Å². The highest BCUT2D eigenvalue weighted by Crippen LogP contribution is 2.05. The summed E-state index contributed by atoms with van der Waals surface area (Å²) in [6.45, 7) is 3.03. The van der Waals surface area contributed by atoms with Gasteiger partial charge in [0, 0.05) is 23.7 Å². The Kier molecular flexibility index (Phi) is 4.98. The zero-order chi connectivity index (χ0) is 11.4. The Balaban J connectivity index is 0.00000144. The van der Waals surface area contributed by atoms with Crippen molar-refractivity contribution in [3.63, 3.8) is 0 Å². The Bertz CT molecular complexity index is 469. The van der Waals surface area contributed by atoms with Crippen LogP contribution in [0.4, 0.5) is 5.69 Å². The van der Waals surface area contributed by atoms with Crippen LogP contribution in [0.3, 0.4) is 0 Å². The van der Waals surface area contributed by atoms with Crippen LogP contribution in [0.2, 0.25) is 0 Å². The molecular weight excluding hydrogens is 232 g/mol. The topological polar surface area (TPSA) is 29.9 Å². The van der Waals surface area contributed by atoms with E-state index in [1.54, 1.807) is 0 Å². The SMILES string of the molecule is Cc1c[n+](CCc2ccccc2)ccc1N.[Cl-]. The Labute approximate surface area is 109 Å². The monoisotopic (exact) mass is 248 g/mol. The smallest absolute Gasteiger partial charge is 0.173 e. The van der Waals surface area contributed by atoms with Crippen molar-refractivity contribution in [3.8, 4) is 0 Å². The first kappa shape index (κ1) is 13.5. The van der Waals surface area contributed by atoms with Crippen molar-refractivity contribution in [3.05, 3.63) is 59.9 Å². The van der Waals surface area contributed by atoms with Crippen molar-refractivity contribution < 1.29 is 17.0 Å². The largest absolute Gasteiger partial charge is 1.00 e. The maximum Gasteiger partial charge on any atom is 0.173 e. The van der Waals surface area contributed by atoms with Crippen LogP contribution in [-0.4, -0.2) is 0 Å². The van der Waals surface area contributed by atoms with Gasteiger partial charge in [-0.05, 0) is 12.5 Å². The standard InChI is InChI=1S/C14H16N2.ClH/c1-12-11-16(10-8-14(12)15)9-7-13-5-3-2-4-6-13;/h2-6,8,10-11,15H,7,9H2,1H3;1H. The van der Waals surface area contributed by atoms with Gasteiger partial charge in [-0.25, -0.2) is 4.57 Å². The Morgan fingerprint density at radius 1 is 1.12 bits per heavy atom. The van der Waals surface area contributed by atoms with Crippen molar-refractivity contribution in [1.82, 2.24) is 0 Å². The fraction of sp³-hybridized carbons (Fsp3) is 0.214. The lowest BCUT2D eigenvalue weighted by molar-refractivity contribution is -0.696. The fourth-order valence-corrected chi connectivity index (χ4v) is 1.72. The van der Waals surface area contributed by atoms with Gasteiger partial charge in [0.05, 0.1) is 0 Å². The molecule has 0 saturated carbocycles. The minimum atomic E-state index is 0. The summed E-state index contributed by atoms with van der Waals surface area (Å²) in [7, 11) is 0. The molecule has 0 saturated heterocycles. The van der Waals surface area contributed by atoms with E-state index in [4.69, 9.17) is 5.73 Å². The molecule has 2 rings (SSSR count). The van der Waals surface area contributed by atoms with Gasteiger partial charge >= 0.3 is 0 Å². The number of rotatable bonds is 3. The molecule has 3 heteroatoms. The maximum absolute atomic E-state index is 5.78. The van der Waals surface area contributed by atoms with E-state index in [9.17, 15) is 0 Å². The number of benzene rings is 1. The minimum Gasteiger partial charge on any atom is -1.00 e. The van der Waals surface area contributed by atoms with Crippen molar-refractivity contribution >= 4 is 5.69 Å². The van der Waals surface area contributed by atoms with Crippen LogP contribution < -0.4 is 22.7 Å². The molecule has 1 aromatic carbocycles. The van der Waals surface area contributed by atoms with E-state index < -0.39 is 0 Å². The molecule has 0 aliphatic heterocycles. The van der Waals surface area contributed by atoms with E-state index in [1.807, 2.05) is 25.3 Å². The molecule has 0 radical (unpaired) electrons.